The number of hydrogen-bond acceptors (Lipinski definition) is 5. The SMILES string of the molecule is [O-][S+](c1ccc(CO)o1)c1ccc(CO)o1. The molecule has 0 aromatic carbocycles. The second kappa shape index (κ2) is 4.75. The van der Waals surface area contributed by atoms with Crippen LogP contribution in [0, 0.1) is 0 Å². The Morgan fingerprint density at radius 3 is 1.69 bits per heavy atom. The van der Waals surface area contributed by atoms with Crippen LogP contribution in [0.15, 0.2) is 43.3 Å². The molecule has 2 heterocycles. The topological polar surface area (TPSA) is 89.8 Å². The fraction of sp³-hybridized carbons (Fsp3) is 0.200. The summed E-state index contributed by atoms with van der Waals surface area (Å²) in [5.74, 6) is 0.689. The van der Waals surface area contributed by atoms with E-state index in [1.165, 1.54) is 12.1 Å². The predicted molar refractivity (Wildman–Crippen MR) is 53.9 cm³/mol. The molecule has 5 nitrogen and oxygen atoms in total. The number of aliphatic hydroxyl groups is 2. The number of hydrogen-bond donors (Lipinski definition) is 2. The number of rotatable bonds is 4. The van der Waals surface area contributed by atoms with Gasteiger partial charge in [-0.3, -0.25) is 0 Å². The monoisotopic (exact) mass is 242 g/mol. The van der Waals surface area contributed by atoms with Crippen molar-refractivity contribution in [3.05, 3.63) is 35.8 Å². The third kappa shape index (κ3) is 2.14. The molecule has 0 unspecified atom stereocenters. The van der Waals surface area contributed by atoms with Crippen molar-refractivity contribution in [2.45, 2.75) is 23.4 Å². The summed E-state index contributed by atoms with van der Waals surface area (Å²) in [5, 5.41) is 18.0. The van der Waals surface area contributed by atoms with Crippen LogP contribution in [0.3, 0.4) is 0 Å². The van der Waals surface area contributed by atoms with Crippen LogP contribution in [0.4, 0.5) is 0 Å². The molecular formula is C10H10O5S. The van der Waals surface area contributed by atoms with Crippen molar-refractivity contribution >= 4 is 11.2 Å². The van der Waals surface area contributed by atoms with E-state index in [4.69, 9.17) is 19.0 Å². The normalized spacial score (nSPS) is 11.2. The smallest absolute Gasteiger partial charge is 0.320 e. The summed E-state index contributed by atoms with van der Waals surface area (Å²) in [5.41, 5.74) is 0. The molecule has 0 radical (unpaired) electrons. The van der Waals surface area contributed by atoms with Gasteiger partial charge >= 0.3 is 10.2 Å². The quantitative estimate of drug-likeness (QED) is 0.781. The largest absolute Gasteiger partial charge is 0.602 e. The molecule has 0 saturated carbocycles. The highest BCUT2D eigenvalue weighted by Gasteiger charge is 2.23. The molecule has 16 heavy (non-hydrogen) atoms. The Balaban J connectivity index is 2.20. The maximum absolute atomic E-state index is 11.9. The molecule has 0 aliphatic rings. The minimum absolute atomic E-state index is 0.211. The Morgan fingerprint density at radius 2 is 1.38 bits per heavy atom. The number of furan rings is 2. The van der Waals surface area contributed by atoms with Crippen molar-refractivity contribution in [2.24, 2.45) is 0 Å². The minimum Gasteiger partial charge on any atom is -0.602 e. The highest BCUT2D eigenvalue weighted by atomic mass is 32.2. The molecule has 86 valence electrons. The standard InChI is InChI=1S/C10H10O5S/c11-5-7-1-3-9(14-7)16(13)10-4-2-8(6-12)15-10/h1-4,11-12H,5-6H2. The van der Waals surface area contributed by atoms with Gasteiger partial charge in [0.2, 0.25) is 0 Å². The van der Waals surface area contributed by atoms with Crippen molar-refractivity contribution in [1.82, 2.24) is 0 Å². The summed E-state index contributed by atoms with van der Waals surface area (Å²) < 4.78 is 22.1. The van der Waals surface area contributed by atoms with E-state index in [1.54, 1.807) is 12.1 Å². The molecule has 6 heteroatoms. The first kappa shape index (κ1) is 11.3. The summed E-state index contributed by atoms with van der Waals surface area (Å²) in [6.45, 7) is -0.478. The summed E-state index contributed by atoms with van der Waals surface area (Å²) >= 11 is -1.56. The minimum atomic E-state index is -1.56. The maximum atomic E-state index is 11.9. The summed E-state index contributed by atoms with van der Waals surface area (Å²) in [7, 11) is 0. The molecule has 0 bridgehead atoms. The molecule has 0 fully saturated rings. The lowest BCUT2D eigenvalue weighted by Gasteiger charge is -2.01. The molecule has 0 atom stereocenters. The highest BCUT2D eigenvalue weighted by Crippen LogP contribution is 2.24. The highest BCUT2D eigenvalue weighted by molar-refractivity contribution is 7.91. The molecule has 0 aliphatic carbocycles. The van der Waals surface area contributed by atoms with Crippen LogP contribution in [0.2, 0.25) is 0 Å². The lowest BCUT2D eigenvalue weighted by Crippen LogP contribution is -1.98. The van der Waals surface area contributed by atoms with Gasteiger partial charge in [0.15, 0.2) is 0 Å². The van der Waals surface area contributed by atoms with E-state index in [-0.39, 0.29) is 23.4 Å². The van der Waals surface area contributed by atoms with Gasteiger partial charge in [-0.05, 0) is 12.1 Å². The van der Waals surface area contributed by atoms with Crippen LogP contribution in [-0.4, -0.2) is 14.8 Å². The van der Waals surface area contributed by atoms with Crippen LogP contribution >= 0.6 is 0 Å². The second-order valence-electron chi connectivity index (χ2n) is 3.03. The molecule has 2 aromatic rings. The zero-order valence-electron chi connectivity index (χ0n) is 8.25. The Bertz CT molecular complexity index is 419. The average Bonchev–Trinajstić information content (AvgIpc) is 2.97. The van der Waals surface area contributed by atoms with E-state index in [0.717, 1.165) is 0 Å². The molecule has 2 rings (SSSR count). The van der Waals surface area contributed by atoms with Gasteiger partial charge in [0, 0.05) is 12.1 Å². The van der Waals surface area contributed by atoms with Crippen LogP contribution < -0.4 is 0 Å². The Kier molecular flexibility index (Phi) is 3.35. The molecule has 0 aliphatic heterocycles. The van der Waals surface area contributed by atoms with Crippen LogP contribution in [0.1, 0.15) is 11.5 Å². The first-order valence-electron chi connectivity index (χ1n) is 4.55. The van der Waals surface area contributed by atoms with Crippen molar-refractivity contribution in [3.63, 3.8) is 0 Å². The van der Waals surface area contributed by atoms with Gasteiger partial charge in [-0.1, -0.05) is 0 Å². The third-order valence-electron chi connectivity index (χ3n) is 1.95. The summed E-state index contributed by atoms with van der Waals surface area (Å²) in [4.78, 5) is 0. The molecule has 2 aromatic heterocycles. The van der Waals surface area contributed by atoms with Gasteiger partial charge in [-0.2, -0.15) is 0 Å². The molecule has 0 amide bonds. The molecule has 2 N–H and O–H groups in total. The Labute approximate surface area is 94.5 Å². The van der Waals surface area contributed by atoms with E-state index < -0.39 is 11.2 Å². The molecule has 0 spiro atoms. The van der Waals surface area contributed by atoms with E-state index >= 15 is 0 Å². The van der Waals surface area contributed by atoms with Crippen molar-refractivity contribution in [1.29, 1.82) is 0 Å². The van der Waals surface area contributed by atoms with Gasteiger partial charge in [0.1, 0.15) is 35.9 Å². The van der Waals surface area contributed by atoms with Gasteiger partial charge in [-0.15, -0.1) is 0 Å². The van der Waals surface area contributed by atoms with E-state index in [0.29, 0.717) is 11.5 Å². The second-order valence-corrected chi connectivity index (χ2v) is 4.37. The zero-order chi connectivity index (χ0) is 11.5. The third-order valence-corrected chi connectivity index (χ3v) is 3.12. The zero-order valence-corrected chi connectivity index (χ0v) is 9.07. The van der Waals surface area contributed by atoms with E-state index in [2.05, 4.69) is 0 Å². The lowest BCUT2D eigenvalue weighted by molar-refractivity contribution is 0.232. The van der Waals surface area contributed by atoms with Crippen molar-refractivity contribution in [3.8, 4) is 0 Å². The molecular weight excluding hydrogens is 232 g/mol. The van der Waals surface area contributed by atoms with Crippen molar-refractivity contribution in [2.75, 3.05) is 0 Å². The fourth-order valence-electron chi connectivity index (χ4n) is 1.18. The van der Waals surface area contributed by atoms with E-state index in [9.17, 15) is 4.55 Å². The number of aliphatic hydroxyl groups excluding tert-OH is 2. The van der Waals surface area contributed by atoms with Gasteiger partial charge in [0.25, 0.3) is 0 Å². The van der Waals surface area contributed by atoms with Crippen LogP contribution in [-0.2, 0) is 24.4 Å². The van der Waals surface area contributed by atoms with Crippen LogP contribution in [0.25, 0.3) is 0 Å². The summed E-state index contributed by atoms with van der Waals surface area (Å²) in [6, 6.07) is 6.12. The van der Waals surface area contributed by atoms with Crippen molar-refractivity contribution < 1.29 is 23.6 Å². The van der Waals surface area contributed by atoms with Crippen LogP contribution in [0.5, 0.6) is 0 Å². The van der Waals surface area contributed by atoms with Gasteiger partial charge in [-0.25, -0.2) is 0 Å². The maximum Gasteiger partial charge on any atom is 0.320 e. The molecule has 0 saturated heterocycles. The Morgan fingerprint density at radius 1 is 0.938 bits per heavy atom. The van der Waals surface area contributed by atoms with Gasteiger partial charge < -0.3 is 23.6 Å². The average molecular weight is 242 g/mol. The first-order chi connectivity index (χ1) is 7.74. The van der Waals surface area contributed by atoms with E-state index in [1.807, 2.05) is 0 Å². The first-order valence-corrected chi connectivity index (χ1v) is 5.70. The summed E-state index contributed by atoms with van der Waals surface area (Å²) in [6.07, 6.45) is 0. The fourth-order valence-corrected chi connectivity index (χ4v) is 2.13. The Hall–Kier alpha value is -1.21. The predicted octanol–water partition coefficient (Wildman–Crippen LogP) is 1.02. The lowest BCUT2D eigenvalue weighted by atomic mass is 10.5. The van der Waals surface area contributed by atoms with Gasteiger partial charge in [0.05, 0.1) is 0 Å².